The molecule has 4 heteroatoms. The van der Waals surface area contributed by atoms with Crippen molar-refractivity contribution in [1.82, 2.24) is 4.90 Å². The van der Waals surface area contributed by atoms with Crippen molar-refractivity contribution in [2.75, 3.05) is 6.54 Å². The van der Waals surface area contributed by atoms with E-state index in [9.17, 15) is 9.59 Å². The van der Waals surface area contributed by atoms with E-state index in [1.54, 1.807) is 0 Å². The number of amides is 2. The fourth-order valence-electron chi connectivity index (χ4n) is 2.86. The van der Waals surface area contributed by atoms with Crippen LogP contribution in [0, 0.1) is 0 Å². The number of rotatable bonds is 5. The summed E-state index contributed by atoms with van der Waals surface area (Å²) in [6.07, 6.45) is 1.70. The number of carbonyl (C=O) groups is 2. The third-order valence-corrected chi connectivity index (χ3v) is 4.82. The Morgan fingerprint density at radius 1 is 1.19 bits per heavy atom. The van der Waals surface area contributed by atoms with Gasteiger partial charge in [0.1, 0.15) is 0 Å². The SMILES string of the molecule is CCC(N)(CC)CN1C(=O)CC(C)(c2ccccc2)C1=O. The van der Waals surface area contributed by atoms with Crippen LogP contribution in [-0.4, -0.2) is 28.8 Å². The lowest BCUT2D eigenvalue weighted by atomic mass is 9.81. The Morgan fingerprint density at radius 3 is 2.29 bits per heavy atom. The lowest BCUT2D eigenvalue weighted by Crippen LogP contribution is -2.52. The van der Waals surface area contributed by atoms with Crippen LogP contribution in [0.5, 0.6) is 0 Å². The summed E-state index contributed by atoms with van der Waals surface area (Å²) in [6, 6.07) is 9.51. The van der Waals surface area contributed by atoms with E-state index in [1.165, 1.54) is 4.90 Å². The Balaban J connectivity index is 2.29. The molecule has 0 radical (unpaired) electrons. The first-order chi connectivity index (χ1) is 9.86. The van der Waals surface area contributed by atoms with Gasteiger partial charge in [0.05, 0.1) is 5.41 Å². The Morgan fingerprint density at radius 2 is 1.76 bits per heavy atom. The molecule has 0 aliphatic carbocycles. The maximum absolute atomic E-state index is 12.8. The maximum atomic E-state index is 12.8. The van der Waals surface area contributed by atoms with Crippen LogP contribution >= 0.6 is 0 Å². The van der Waals surface area contributed by atoms with Gasteiger partial charge in [-0.15, -0.1) is 0 Å². The smallest absolute Gasteiger partial charge is 0.240 e. The summed E-state index contributed by atoms with van der Waals surface area (Å²) in [5, 5.41) is 0. The number of nitrogens with zero attached hydrogens (tertiary/aromatic N) is 1. The highest BCUT2D eigenvalue weighted by molar-refractivity contribution is 6.08. The lowest BCUT2D eigenvalue weighted by Gasteiger charge is -2.32. The number of imide groups is 1. The van der Waals surface area contributed by atoms with Gasteiger partial charge in [0.15, 0.2) is 0 Å². The summed E-state index contributed by atoms with van der Waals surface area (Å²) in [7, 11) is 0. The largest absolute Gasteiger partial charge is 0.324 e. The van der Waals surface area contributed by atoms with E-state index in [4.69, 9.17) is 5.73 Å². The molecule has 0 spiro atoms. The fraction of sp³-hybridized carbons (Fsp3) is 0.529. The zero-order valence-electron chi connectivity index (χ0n) is 13.1. The molecule has 2 rings (SSSR count). The standard InChI is InChI=1S/C17H24N2O2/c1-4-17(18,5-2)12-19-14(20)11-16(3,15(19)21)13-9-7-6-8-10-13/h6-10H,4-5,11-12,18H2,1-3H3. The second-order valence-electron chi connectivity index (χ2n) is 6.23. The van der Waals surface area contributed by atoms with Crippen molar-refractivity contribution < 1.29 is 9.59 Å². The van der Waals surface area contributed by atoms with Crippen molar-refractivity contribution in [2.24, 2.45) is 5.73 Å². The molecule has 21 heavy (non-hydrogen) atoms. The van der Waals surface area contributed by atoms with Gasteiger partial charge in [-0.3, -0.25) is 14.5 Å². The van der Waals surface area contributed by atoms with Crippen LogP contribution < -0.4 is 5.73 Å². The van der Waals surface area contributed by atoms with Gasteiger partial charge in [-0.05, 0) is 25.3 Å². The lowest BCUT2D eigenvalue weighted by molar-refractivity contribution is -0.140. The summed E-state index contributed by atoms with van der Waals surface area (Å²) in [4.78, 5) is 26.5. The van der Waals surface area contributed by atoms with Crippen LogP contribution in [0.3, 0.4) is 0 Å². The number of likely N-dealkylation sites (tertiary alicyclic amines) is 1. The summed E-state index contributed by atoms with van der Waals surface area (Å²) >= 11 is 0. The van der Waals surface area contributed by atoms with Gasteiger partial charge >= 0.3 is 0 Å². The van der Waals surface area contributed by atoms with Crippen molar-refractivity contribution in [2.45, 2.75) is 51.0 Å². The molecule has 1 unspecified atom stereocenters. The molecule has 0 aromatic heterocycles. The van der Waals surface area contributed by atoms with Crippen LogP contribution in [0.4, 0.5) is 0 Å². The van der Waals surface area contributed by atoms with E-state index < -0.39 is 11.0 Å². The summed E-state index contributed by atoms with van der Waals surface area (Å²) in [5.74, 6) is -0.251. The second-order valence-corrected chi connectivity index (χ2v) is 6.23. The average Bonchev–Trinajstić information content (AvgIpc) is 2.72. The fourth-order valence-corrected chi connectivity index (χ4v) is 2.86. The van der Waals surface area contributed by atoms with E-state index in [0.29, 0.717) is 6.54 Å². The normalized spacial score (nSPS) is 23.0. The van der Waals surface area contributed by atoms with Crippen molar-refractivity contribution >= 4 is 11.8 Å². The highest BCUT2D eigenvalue weighted by Crippen LogP contribution is 2.37. The van der Waals surface area contributed by atoms with Crippen molar-refractivity contribution in [3.63, 3.8) is 0 Å². The van der Waals surface area contributed by atoms with E-state index in [-0.39, 0.29) is 18.2 Å². The molecule has 1 aromatic carbocycles. The van der Waals surface area contributed by atoms with E-state index >= 15 is 0 Å². The quantitative estimate of drug-likeness (QED) is 0.845. The molecule has 2 N–H and O–H groups in total. The minimum absolute atomic E-state index is 0.122. The summed E-state index contributed by atoms with van der Waals surface area (Å²) < 4.78 is 0. The highest BCUT2D eigenvalue weighted by atomic mass is 16.2. The third kappa shape index (κ3) is 2.72. The zero-order valence-corrected chi connectivity index (χ0v) is 13.1. The number of benzene rings is 1. The molecule has 1 atom stereocenters. The molecule has 2 amide bonds. The predicted octanol–water partition coefficient (Wildman–Crippen LogP) is 2.22. The van der Waals surface area contributed by atoms with Gasteiger partial charge in [0.25, 0.3) is 0 Å². The van der Waals surface area contributed by atoms with Crippen LogP contribution in [0.2, 0.25) is 0 Å². The Labute approximate surface area is 126 Å². The zero-order chi connectivity index (χ0) is 15.7. The Bertz CT molecular complexity index is 537. The Hall–Kier alpha value is -1.68. The first kappa shape index (κ1) is 15.7. The minimum atomic E-state index is -0.763. The Kier molecular flexibility index (Phi) is 4.19. The molecular formula is C17H24N2O2. The summed E-state index contributed by atoms with van der Waals surface area (Å²) in [5.41, 5.74) is 5.92. The molecule has 1 aliphatic heterocycles. The number of hydrogen-bond acceptors (Lipinski definition) is 3. The van der Waals surface area contributed by atoms with Gasteiger partial charge in [-0.25, -0.2) is 0 Å². The van der Waals surface area contributed by atoms with Crippen molar-refractivity contribution in [3.05, 3.63) is 35.9 Å². The molecule has 0 saturated carbocycles. The molecule has 1 aliphatic rings. The monoisotopic (exact) mass is 288 g/mol. The second kappa shape index (κ2) is 5.60. The average molecular weight is 288 g/mol. The highest BCUT2D eigenvalue weighted by Gasteiger charge is 2.50. The number of hydrogen-bond donors (Lipinski definition) is 1. The van der Waals surface area contributed by atoms with Gasteiger partial charge < -0.3 is 5.73 Å². The van der Waals surface area contributed by atoms with Gasteiger partial charge in [-0.1, -0.05) is 44.2 Å². The molecule has 1 heterocycles. The topological polar surface area (TPSA) is 63.4 Å². The van der Waals surface area contributed by atoms with Crippen LogP contribution in [-0.2, 0) is 15.0 Å². The molecule has 0 bridgehead atoms. The predicted molar refractivity (Wildman–Crippen MR) is 82.6 cm³/mol. The van der Waals surface area contributed by atoms with Crippen LogP contribution in [0.15, 0.2) is 30.3 Å². The van der Waals surface area contributed by atoms with Gasteiger partial charge in [0, 0.05) is 18.5 Å². The number of nitrogens with two attached hydrogens (primary N) is 1. The van der Waals surface area contributed by atoms with Crippen LogP contribution in [0.1, 0.15) is 45.6 Å². The summed E-state index contributed by atoms with van der Waals surface area (Å²) in [6.45, 7) is 6.13. The first-order valence-corrected chi connectivity index (χ1v) is 7.55. The maximum Gasteiger partial charge on any atom is 0.240 e. The molecule has 1 fully saturated rings. The van der Waals surface area contributed by atoms with E-state index in [1.807, 2.05) is 51.1 Å². The number of carbonyl (C=O) groups excluding carboxylic acids is 2. The molecular weight excluding hydrogens is 264 g/mol. The van der Waals surface area contributed by atoms with Gasteiger partial charge in [-0.2, -0.15) is 0 Å². The van der Waals surface area contributed by atoms with Crippen molar-refractivity contribution in [3.8, 4) is 0 Å². The molecule has 4 nitrogen and oxygen atoms in total. The third-order valence-electron chi connectivity index (χ3n) is 4.82. The minimum Gasteiger partial charge on any atom is -0.324 e. The first-order valence-electron chi connectivity index (χ1n) is 7.55. The van der Waals surface area contributed by atoms with E-state index in [0.717, 1.165) is 18.4 Å². The molecule has 1 aromatic rings. The van der Waals surface area contributed by atoms with Gasteiger partial charge in [0.2, 0.25) is 11.8 Å². The molecule has 1 saturated heterocycles. The molecule has 114 valence electrons. The van der Waals surface area contributed by atoms with Crippen LogP contribution in [0.25, 0.3) is 0 Å². The van der Waals surface area contributed by atoms with Crippen molar-refractivity contribution in [1.29, 1.82) is 0 Å². The van der Waals surface area contributed by atoms with E-state index in [2.05, 4.69) is 0 Å².